The quantitative estimate of drug-likeness (QED) is 0.115. The van der Waals surface area contributed by atoms with Gasteiger partial charge >= 0.3 is 21.1 Å². The summed E-state index contributed by atoms with van der Waals surface area (Å²) in [6.07, 6.45) is 3.39. The summed E-state index contributed by atoms with van der Waals surface area (Å²) in [5.41, 5.74) is 5.95. The minimum absolute atomic E-state index is 0. The van der Waals surface area contributed by atoms with E-state index in [1.54, 1.807) is 39.5 Å². The number of aryl methyl sites for hydroxylation is 1. The molecule has 10 rings (SSSR count). The zero-order chi connectivity index (χ0) is 44.7. The van der Waals surface area contributed by atoms with Crippen LogP contribution in [0.3, 0.4) is 0 Å². The average molecular weight is 897 g/mol. The van der Waals surface area contributed by atoms with Crippen LogP contribution in [0.25, 0.3) is 77.6 Å². The van der Waals surface area contributed by atoms with Gasteiger partial charge in [0.05, 0.1) is 30.4 Å². The molecule has 0 N–H and O–H groups in total. The summed E-state index contributed by atoms with van der Waals surface area (Å²) in [7, 11) is 2.06. The van der Waals surface area contributed by atoms with Crippen LogP contribution in [0, 0.1) is 18.5 Å². The number of hydrogen-bond donors (Lipinski definition) is 0. The predicted molar refractivity (Wildman–Crippen MR) is 218 cm³/mol. The molecule has 0 amide bonds. The first-order valence-electron chi connectivity index (χ1n) is 22.3. The summed E-state index contributed by atoms with van der Waals surface area (Å²) in [5.74, 6) is 0.847. The summed E-state index contributed by atoms with van der Waals surface area (Å²) in [4.78, 5) is 0. The molecule has 0 aliphatic heterocycles. The van der Waals surface area contributed by atoms with Crippen molar-refractivity contribution >= 4 is 32.8 Å². The molecule has 0 saturated heterocycles. The Balaban J connectivity index is 0.00000533. The zero-order valence-electron chi connectivity index (χ0n) is 39.1. The van der Waals surface area contributed by atoms with Crippen LogP contribution in [0.2, 0.25) is 0 Å². The molecule has 10 aromatic rings. The van der Waals surface area contributed by atoms with E-state index in [2.05, 4.69) is 54.3 Å². The molecule has 0 bridgehead atoms. The Morgan fingerprint density at radius 1 is 0.564 bits per heavy atom. The van der Waals surface area contributed by atoms with E-state index in [0.29, 0.717) is 28.2 Å². The van der Waals surface area contributed by atoms with Crippen LogP contribution in [0.4, 0.5) is 0 Å². The van der Waals surface area contributed by atoms with Crippen LogP contribution in [0.15, 0.2) is 182 Å². The maximum Gasteiger partial charge on any atom is 4.00 e. The third kappa shape index (κ3) is 6.05. The molecule has 0 fully saturated rings. The van der Waals surface area contributed by atoms with Gasteiger partial charge in [-0.25, -0.2) is 0 Å². The van der Waals surface area contributed by atoms with Crippen LogP contribution in [0.1, 0.15) is 13.7 Å². The van der Waals surface area contributed by atoms with Gasteiger partial charge in [0.1, 0.15) is 0 Å². The standard InChI is InChI=1S/C50H33N3O.Pt/c1-51-46-29-9-8-24-44(46)45-28-15-27-43(49(45)51)37-20-12-22-39(32-37)54-40-23-13-21-38(33-40)52-34-53(48-31-11-10-30-47(48)52)50-41(35-16-4-2-5-17-35)25-14-26-42(50)36-18-6-3-7-19-36;/h2-31H,1H3;/q-2;+4/i2D,3D,4D,5D,6D,7D,16D,17D,18D,19D;. The summed E-state index contributed by atoms with van der Waals surface area (Å²) < 4.78 is 98.4. The molecule has 0 aliphatic carbocycles. The first-order valence-corrected chi connectivity index (χ1v) is 17.3. The molecular weight excluding hydrogens is 854 g/mol. The van der Waals surface area contributed by atoms with Crippen LogP contribution in [0.5, 0.6) is 11.5 Å². The number of nitrogens with zero attached hydrogens (tertiary/aromatic N) is 3. The maximum atomic E-state index is 8.96. The molecule has 0 radical (unpaired) electrons. The summed E-state index contributed by atoms with van der Waals surface area (Å²) >= 11 is 0. The number of hydrogen-bond acceptors (Lipinski definition) is 1. The second-order valence-corrected chi connectivity index (χ2v) is 12.7. The largest absolute Gasteiger partial charge is 4.00 e. The molecule has 55 heavy (non-hydrogen) atoms. The fraction of sp³-hybridized carbons (Fsp3) is 0.0200. The molecule has 4 nitrogen and oxygen atoms in total. The number of benzene rings is 8. The third-order valence-corrected chi connectivity index (χ3v) is 9.56. The van der Waals surface area contributed by atoms with Gasteiger partial charge in [-0.15, -0.1) is 35.9 Å². The number of imidazole rings is 1. The summed E-state index contributed by atoms with van der Waals surface area (Å²) in [5, 5.41) is 2.30. The van der Waals surface area contributed by atoms with Gasteiger partial charge < -0.3 is 13.9 Å². The van der Waals surface area contributed by atoms with Crippen molar-refractivity contribution < 1.29 is 44.1 Å². The van der Waals surface area contributed by atoms with E-state index in [-0.39, 0.29) is 49.0 Å². The Labute approximate surface area is 348 Å². The number of para-hydroxylation sites is 5. The van der Waals surface area contributed by atoms with Gasteiger partial charge in [-0.1, -0.05) is 151 Å². The molecule has 0 unspecified atom stereocenters. The van der Waals surface area contributed by atoms with Crippen molar-refractivity contribution in [3.05, 3.63) is 200 Å². The second-order valence-electron chi connectivity index (χ2n) is 12.7. The van der Waals surface area contributed by atoms with Gasteiger partial charge in [0.25, 0.3) is 6.33 Å². The van der Waals surface area contributed by atoms with Crippen LogP contribution < -0.4 is 9.30 Å². The fourth-order valence-electron chi connectivity index (χ4n) is 7.22. The zero-order valence-corrected chi connectivity index (χ0v) is 31.4. The van der Waals surface area contributed by atoms with E-state index in [4.69, 9.17) is 18.4 Å². The predicted octanol–water partition coefficient (Wildman–Crippen LogP) is 11.7. The van der Waals surface area contributed by atoms with Gasteiger partial charge in [0.15, 0.2) is 0 Å². The number of rotatable bonds is 7. The van der Waals surface area contributed by atoms with E-state index in [1.165, 1.54) is 5.39 Å². The molecule has 8 aromatic carbocycles. The van der Waals surface area contributed by atoms with Gasteiger partial charge in [-0.2, -0.15) is 12.1 Å². The molecule has 2 heterocycles. The molecule has 0 aliphatic rings. The minimum atomic E-state index is -0.568. The number of aromatic nitrogens is 3. The number of ether oxygens (including phenoxy) is 1. The van der Waals surface area contributed by atoms with Gasteiger partial charge in [0.2, 0.25) is 0 Å². The Morgan fingerprint density at radius 3 is 1.89 bits per heavy atom. The smallest absolute Gasteiger partial charge is 0.503 e. The van der Waals surface area contributed by atoms with E-state index in [9.17, 15) is 0 Å². The molecule has 0 saturated carbocycles. The van der Waals surface area contributed by atoms with E-state index in [0.717, 1.165) is 27.5 Å². The Morgan fingerprint density at radius 2 is 1.15 bits per heavy atom. The van der Waals surface area contributed by atoms with Gasteiger partial charge in [0, 0.05) is 35.0 Å². The van der Waals surface area contributed by atoms with E-state index < -0.39 is 60.4 Å². The van der Waals surface area contributed by atoms with Gasteiger partial charge in [-0.3, -0.25) is 4.57 Å². The fourth-order valence-corrected chi connectivity index (χ4v) is 7.22. The van der Waals surface area contributed by atoms with Crippen molar-refractivity contribution in [3.63, 3.8) is 0 Å². The molecule has 5 heteroatoms. The maximum absolute atomic E-state index is 8.96. The van der Waals surface area contributed by atoms with Crippen molar-refractivity contribution in [1.82, 2.24) is 9.13 Å². The topological polar surface area (TPSA) is 23.0 Å². The molecule has 262 valence electrons. The Bertz CT molecular complexity index is 3440. The van der Waals surface area contributed by atoms with Crippen LogP contribution in [-0.4, -0.2) is 9.13 Å². The van der Waals surface area contributed by atoms with Crippen molar-refractivity contribution in [2.24, 2.45) is 7.05 Å². The van der Waals surface area contributed by atoms with Crippen molar-refractivity contribution in [2.75, 3.05) is 0 Å². The Kier molecular flexibility index (Phi) is 6.48. The summed E-state index contributed by atoms with van der Waals surface area (Å²) in [6.45, 7) is 0. The van der Waals surface area contributed by atoms with Gasteiger partial charge in [-0.05, 0) is 39.4 Å². The third-order valence-electron chi connectivity index (χ3n) is 9.56. The van der Waals surface area contributed by atoms with E-state index >= 15 is 0 Å². The molecule has 0 atom stereocenters. The Hall–Kier alpha value is -6.48. The monoisotopic (exact) mass is 896 g/mol. The van der Waals surface area contributed by atoms with Crippen molar-refractivity contribution in [3.8, 4) is 56.3 Å². The van der Waals surface area contributed by atoms with E-state index in [1.807, 2.05) is 66.7 Å². The first kappa shape index (κ1) is 24.8. The molecule has 2 aromatic heterocycles. The molecular formula is C50H33N3OPt+2. The van der Waals surface area contributed by atoms with Crippen LogP contribution in [-0.2, 0) is 28.1 Å². The second kappa shape index (κ2) is 14.4. The molecule has 0 spiro atoms. The van der Waals surface area contributed by atoms with Crippen molar-refractivity contribution in [2.45, 2.75) is 0 Å². The number of fused-ring (bicyclic) bond motifs is 4. The van der Waals surface area contributed by atoms with Crippen LogP contribution >= 0.6 is 0 Å². The SMILES string of the molecule is [2H]c1c([2H])c([2H])c(-c2cccc(-c3c([2H])c([2H])c([2H])c([2H])c3[2H])c2-[n+]2[c-]n(-c3[c-]c(Oc4[c-]c(-c5cccc6c7ccccc7n(C)c56)ccc4)ccc3)c3ccccc32)c([2H])c1[2H].[Pt+4]. The average Bonchev–Trinajstić information content (AvgIpc) is 3.84. The normalized spacial score (nSPS) is 13.8. The minimum Gasteiger partial charge on any atom is -0.503 e. The summed E-state index contributed by atoms with van der Waals surface area (Å²) in [6, 6.07) is 39.4. The first-order chi connectivity index (χ1) is 30.8. The van der Waals surface area contributed by atoms with Crippen molar-refractivity contribution in [1.29, 1.82) is 0 Å².